The fourth-order valence-electron chi connectivity index (χ4n) is 3.06. The second kappa shape index (κ2) is 7.25. The van der Waals surface area contributed by atoms with Crippen LogP contribution in [0.5, 0.6) is 5.75 Å². The number of ether oxygens (including phenoxy) is 1. The van der Waals surface area contributed by atoms with Gasteiger partial charge in [-0.3, -0.25) is 4.90 Å². The number of benzene rings is 1. The van der Waals surface area contributed by atoms with Gasteiger partial charge in [0.25, 0.3) is 0 Å². The molecule has 2 rings (SSSR count). The number of hydrogen-bond donors (Lipinski definition) is 1. The van der Waals surface area contributed by atoms with Crippen LogP contribution in [-0.2, 0) is 0 Å². The van der Waals surface area contributed by atoms with Crippen LogP contribution in [0.4, 0.5) is 0 Å². The Morgan fingerprint density at radius 1 is 1.04 bits per heavy atom. The minimum absolute atomic E-state index is 0. The van der Waals surface area contributed by atoms with Crippen LogP contribution in [0.2, 0.25) is 0 Å². The molecule has 0 aliphatic carbocycles. The Kier molecular flexibility index (Phi) is 6.31. The topological polar surface area (TPSA) is 32.7 Å². The number of rotatable bonds is 5. The summed E-state index contributed by atoms with van der Waals surface area (Å²) in [6, 6.07) is 6.03. The molecule has 1 aliphatic rings. The molecule has 1 aromatic carbocycles. The molecule has 1 aromatic rings. The molecule has 0 saturated carbocycles. The first-order chi connectivity index (χ1) is 10.1. The zero-order chi connectivity index (χ0) is 16.5. The van der Waals surface area contributed by atoms with Crippen LogP contribution in [0.25, 0.3) is 0 Å². The molecule has 1 N–H and O–H groups in total. The first kappa shape index (κ1) is 20.0. The van der Waals surface area contributed by atoms with E-state index in [1.54, 1.807) is 0 Å². The Morgan fingerprint density at radius 3 is 2.13 bits per heavy atom. The van der Waals surface area contributed by atoms with Gasteiger partial charge in [0, 0.05) is 17.6 Å². The van der Waals surface area contributed by atoms with Crippen molar-refractivity contribution in [3.63, 3.8) is 0 Å². The Balaban J connectivity index is 0.00000264. The predicted molar refractivity (Wildman–Crippen MR) is 98.7 cm³/mol. The van der Waals surface area contributed by atoms with Gasteiger partial charge in [-0.05, 0) is 64.8 Å². The maximum atomic E-state index is 10.4. The molecular formula is C19H30ClNO2. The highest BCUT2D eigenvalue weighted by molar-refractivity contribution is 5.85. The Bertz CT molecular complexity index is 548. The van der Waals surface area contributed by atoms with Crippen molar-refractivity contribution in [2.45, 2.75) is 58.7 Å². The zero-order valence-corrected chi connectivity index (χ0v) is 15.9. The summed E-state index contributed by atoms with van der Waals surface area (Å²) in [6.07, 6.45) is 3.91. The smallest absolute Gasteiger partial charge is 0.119 e. The lowest BCUT2D eigenvalue weighted by Crippen LogP contribution is -2.53. The number of aliphatic hydroxyl groups is 1. The lowest BCUT2D eigenvalue weighted by atomic mass is 10.0. The van der Waals surface area contributed by atoms with E-state index < -0.39 is 6.10 Å². The van der Waals surface area contributed by atoms with Gasteiger partial charge in [0.1, 0.15) is 18.5 Å². The van der Waals surface area contributed by atoms with E-state index in [2.05, 4.69) is 58.6 Å². The number of β-amino-alcohol motifs (C(OH)–C–C–N with tert-alkyl or cyclic N) is 1. The van der Waals surface area contributed by atoms with Crippen LogP contribution in [0.1, 0.15) is 38.8 Å². The van der Waals surface area contributed by atoms with E-state index in [0.29, 0.717) is 13.2 Å². The van der Waals surface area contributed by atoms with Gasteiger partial charge in [-0.15, -0.1) is 12.4 Å². The third-order valence-corrected chi connectivity index (χ3v) is 4.60. The molecular weight excluding hydrogens is 310 g/mol. The molecule has 0 spiro atoms. The van der Waals surface area contributed by atoms with E-state index in [1.165, 1.54) is 11.1 Å². The Hall–Kier alpha value is -1.03. The highest BCUT2D eigenvalue weighted by atomic mass is 35.5. The second-order valence-electron chi connectivity index (χ2n) is 7.46. The van der Waals surface area contributed by atoms with Crippen LogP contribution in [-0.4, -0.2) is 40.3 Å². The lowest BCUT2D eigenvalue weighted by Gasteiger charge is -2.41. The first-order valence-corrected chi connectivity index (χ1v) is 7.98. The number of hydrogen-bond acceptors (Lipinski definition) is 3. The summed E-state index contributed by atoms with van der Waals surface area (Å²) in [5.74, 6) is 0.820. The van der Waals surface area contributed by atoms with Crippen LogP contribution in [0, 0.1) is 13.8 Å². The molecule has 130 valence electrons. The fraction of sp³-hybridized carbons (Fsp3) is 0.579. The largest absolute Gasteiger partial charge is 0.491 e. The number of aryl methyl sites for hydroxylation is 2. The molecule has 1 heterocycles. The predicted octanol–water partition coefficient (Wildman–Crippen LogP) is 3.89. The van der Waals surface area contributed by atoms with Crippen LogP contribution < -0.4 is 4.74 Å². The highest BCUT2D eigenvalue weighted by Crippen LogP contribution is 2.34. The van der Waals surface area contributed by atoms with E-state index in [4.69, 9.17) is 4.74 Å². The third kappa shape index (κ3) is 4.72. The first-order valence-electron chi connectivity index (χ1n) is 7.98. The summed E-state index contributed by atoms with van der Waals surface area (Å²) in [4.78, 5) is 2.31. The van der Waals surface area contributed by atoms with Crippen LogP contribution >= 0.6 is 12.4 Å². The molecule has 0 aromatic heterocycles. The Morgan fingerprint density at radius 2 is 1.61 bits per heavy atom. The van der Waals surface area contributed by atoms with Crippen molar-refractivity contribution >= 4 is 12.4 Å². The van der Waals surface area contributed by atoms with E-state index in [0.717, 1.165) is 5.75 Å². The van der Waals surface area contributed by atoms with E-state index in [9.17, 15) is 5.11 Å². The van der Waals surface area contributed by atoms with Crippen LogP contribution in [0.3, 0.4) is 0 Å². The third-order valence-electron chi connectivity index (χ3n) is 4.60. The molecule has 0 saturated heterocycles. The molecule has 1 unspecified atom stereocenters. The maximum Gasteiger partial charge on any atom is 0.119 e. The van der Waals surface area contributed by atoms with Crippen molar-refractivity contribution < 1.29 is 9.84 Å². The zero-order valence-electron chi connectivity index (χ0n) is 15.1. The Labute approximate surface area is 146 Å². The summed E-state index contributed by atoms with van der Waals surface area (Å²) in [5.41, 5.74) is 2.38. The second-order valence-corrected chi connectivity index (χ2v) is 7.46. The molecule has 1 aliphatic heterocycles. The number of aliphatic hydroxyl groups excluding tert-OH is 1. The van der Waals surface area contributed by atoms with Crippen molar-refractivity contribution in [3.8, 4) is 5.75 Å². The molecule has 0 bridgehead atoms. The standard InChI is InChI=1S/C19H29NO2.ClH/c1-14-7-8-17(11-15(14)2)22-13-16(21)12-20-18(3,4)9-10-19(20,5)6;/h7-11,16,21H,12-13H2,1-6H3;1H. The van der Waals surface area contributed by atoms with Crippen molar-refractivity contribution in [1.82, 2.24) is 4.90 Å². The summed E-state index contributed by atoms with van der Waals surface area (Å²) in [5, 5.41) is 10.4. The van der Waals surface area contributed by atoms with Gasteiger partial charge < -0.3 is 9.84 Å². The van der Waals surface area contributed by atoms with Gasteiger partial charge in [0.15, 0.2) is 0 Å². The van der Waals surface area contributed by atoms with Gasteiger partial charge in [-0.25, -0.2) is 0 Å². The number of nitrogens with zero attached hydrogens (tertiary/aromatic N) is 1. The van der Waals surface area contributed by atoms with Crippen LogP contribution in [0.15, 0.2) is 30.4 Å². The van der Waals surface area contributed by atoms with Gasteiger partial charge in [0.05, 0.1) is 0 Å². The fourth-order valence-corrected chi connectivity index (χ4v) is 3.06. The minimum Gasteiger partial charge on any atom is -0.491 e. The van der Waals surface area contributed by atoms with Gasteiger partial charge in [0.2, 0.25) is 0 Å². The average Bonchev–Trinajstić information content (AvgIpc) is 2.63. The summed E-state index contributed by atoms with van der Waals surface area (Å²) >= 11 is 0. The molecule has 3 nitrogen and oxygen atoms in total. The van der Waals surface area contributed by atoms with Crippen molar-refractivity contribution in [2.24, 2.45) is 0 Å². The molecule has 4 heteroatoms. The number of halogens is 1. The SMILES string of the molecule is Cc1ccc(OCC(O)CN2C(C)(C)C=CC2(C)C)cc1C.Cl. The molecule has 0 radical (unpaired) electrons. The minimum atomic E-state index is -0.514. The van der Waals surface area contributed by atoms with E-state index in [-0.39, 0.29) is 23.5 Å². The van der Waals surface area contributed by atoms with Gasteiger partial charge >= 0.3 is 0 Å². The average molecular weight is 340 g/mol. The molecule has 0 amide bonds. The van der Waals surface area contributed by atoms with E-state index in [1.807, 2.05) is 18.2 Å². The molecule has 23 heavy (non-hydrogen) atoms. The van der Waals surface area contributed by atoms with E-state index >= 15 is 0 Å². The molecule has 0 fully saturated rings. The summed E-state index contributed by atoms with van der Waals surface area (Å²) < 4.78 is 5.75. The quantitative estimate of drug-likeness (QED) is 0.826. The lowest BCUT2D eigenvalue weighted by molar-refractivity contribution is 0.0138. The maximum absolute atomic E-state index is 10.4. The van der Waals surface area contributed by atoms with Crippen molar-refractivity contribution in [3.05, 3.63) is 41.5 Å². The monoisotopic (exact) mass is 339 g/mol. The molecule has 1 atom stereocenters. The van der Waals surface area contributed by atoms with Crippen molar-refractivity contribution in [1.29, 1.82) is 0 Å². The summed E-state index contributed by atoms with van der Waals surface area (Å²) in [7, 11) is 0. The normalized spacial score (nSPS) is 20.1. The van der Waals surface area contributed by atoms with Gasteiger partial charge in [-0.1, -0.05) is 18.2 Å². The summed E-state index contributed by atoms with van der Waals surface area (Å²) in [6.45, 7) is 13.8. The highest BCUT2D eigenvalue weighted by Gasteiger charge is 2.40. The van der Waals surface area contributed by atoms with Crippen molar-refractivity contribution in [2.75, 3.05) is 13.2 Å². The van der Waals surface area contributed by atoms with Gasteiger partial charge in [-0.2, -0.15) is 0 Å².